The summed E-state index contributed by atoms with van der Waals surface area (Å²) in [4.78, 5) is 2.25. The van der Waals surface area contributed by atoms with Crippen LogP contribution in [0.5, 0.6) is 0 Å². The zero-order valence-electron chi connectivity index (χ0n) is 9.06. The van der Waals surface area contributed by atoms with Crippen molar-refractivity contribution in [1.29, 1.82) is 5.26 Å². The summed E-state index contributed by atoms with van der Waals surface area (Å²) in [5.41, 5.74) is 1.30. The highest BCUT2D eigenvalue weighted by Gasteiger charge is 2.37. The lowest BCUT2D eigenvalue weighted by atomic mass is 9.87. The van der Waals surface area contributed by atoms with Crippen LogP contribution in [0.3, 0.4) is 0 Å². The lowest BCUT2D eigenvalue weighted by molar-refractivity contribution is 0.0415. The molecule has 1 aliphatic heterocycles. The Kier molecular flexibility index (Phi) is 3.03. The fraction of sp³-hybridized carbons (Fsp3) is 0.462. The molecule has 78 valence electrons. The van der Waals surface area contributed by atoms with E-state index < -0.39 is 0 Å². The summed E-state index contributed by atoms with van der Waals surface area (Å²) in [7, 11) is 0. The molecule has 0 aromatic heterocycles. The predicted octanol–water partition coefficient (Wildman–Crippen LogP) is 2.42. The molecule has 0 amide bonds. The highest BCUT2D eigenvalue weighted by atomic mass is 15.2. The molecule has 0 aliphatic carbocycles. The zero-order chi connectivity index (χ0) is 10.7. The smallest absolute Gasteiger partial charge is 0.102 e. The first-order chi connectivity index (χ1) is 7.35. The Labute approximate surface area is 91.1 Å². The van der Waals surface area contributed by atoms with Gasteiger partial charge in [-0.15, -0.1) is 0 Å². The minimum absolute atomic E-state index is 0.134. The van der Waals surface area contributed by atoms with Gasteiger partial charge in [0.15, 0.2) is 0 Å². The fourth-order valence-electron chi connectivity index (χ4n) is 2.20. The zero-order valence-corrected chi connectivity index (χ0v) is 9.06. The molecule has 0 bridgehead atoms. The molecule has 0 saturated carbocycles. The Morgan fingerprint density at radius 3 is 2.73 bits per heavy atom. The minimum Gasteiger partial charge on any atom is -0.283 e. The van der Waals surface area contributed by atoms with Crippen LogP contribution in [0.1, 0.15) is 18.9 Å². The van der Waals surface area contributed by atoms with Gasteiger partial charge in [-0.25, -0.2) is 0 Å². The Morgan fingerprint density at radius 2 is 2.13 bits per heavy atom. The molecule has 0 spiro atoms. The molecule has 2 nitrogen and oxygen atoms in total. The second-order valence-corrected chi connectivity index (χ2v) is 4.16. The number of nitrogens with zero attached hydrogens (tertiary/aromatic N) is 2. The predicted molar refractivity (Wildman–Crippen MR) is 60.0 cm³/mol. The number of likely N-dealkylation sites (tertiary alicyclic amines) is 1. The summed E-state index contributed by atoms with van der Waals surface area (Å²) in [6.07, 6.45) is 1.11. The van der Waals surface area contributed by atoms with Crippen LogP contribution in [0.4, 0.5) is 0 Å². The van der Waals surface area contributed by atoms with Crippen molar-refractivity contribution in [3.8, 4) is 6.07 Å². The van der Waals surface area contributed by atoms with Gasteiger partial charge in [0.25, 0.3) is 0 Å². The van der Waals surface area contributed by atoms with Crippen LogP contribution in [-0.4, -0.2) is 17.5 Å². The van der Waals surface area contributed by atoms with Crippen molar-refractivity contribution in [1.82, 2.24) is 4.90 Å². The third kappa shape index (κ3) is 2.03. The lowest BCUT2D eigenvalue weighted by Gasteiger charge is -2.44. The largest absolute Gasteiger partial charge is 0.283 e. The van der Waals surface area contributed by atoms with E-state index in [-0.39, 0.29) is 6.04 Å². The molecule has 1 fully saturated rings. The van der Waals surface area contributed by atoms with E-state index in [4.69, 9.17) is 5.26 Å². The van der Waals surface area contributed by atoms with Crippen LogP contribution in [-0.2, 0) is 6.54 Å². The van der Waals surface area contributed by atoms with Crippen molar-refractivity contribution in [2.24, 2.45) is 5.92 Å². The SMILES string of the molecule is CC[C@H]1CN(Cc2ccccc2)C1C#N. The monoisotopic (exact) mass is 200 g/mol. The van der Waals surface area contributed by atoms with Crippen LogP contribution in [0.15, 0.2) is 30.3 Å². The van der Waals surface area contributed by atoms with Crippen LogP contribution in [0, 0.1) is 17.2 Å². The van der Waals surface area contributed by atoms with Crippen LogP contribution in [0.25, 0.3) is 0 Å². The van der Waals surface area contributed by atoms with Gasteiger partial charge in [-0.3, -0.25) is 4.90 Å². The first kappa shape index (κ1) is 10.2. The van der Waals surface area contributed by atoms with E-state index in [1.807, 2.05) is 18.2 Å². The van der Waals surface area contributed by atoms with Crippen molar-refractivity contribution in [2.45, 2.75) is 25.9 Å². The highest BCUT2D eigenvalue weighted by Crippen LogP contribution is 2.28. The van der Waals surface area contributed by atoms with E-state index in [0.717, 1.165) is 19.5 Å². The third-order valence-electron chi connectivity index (χ3n) is 3.19. The van der Waals surface area contributed by atoms with Crippen LogP contribution in [0.2, 0.25) is 0 Å². The second kappa shape index (κ2) is 4.46. The molecule has 0 N–H and O–H groups in total. The molecule has 1 unspecified atom stereocenters. The Bertz CT molecular complexity index is 353. The lowest BCUT2D eigenvalue weighted by Crippen LogP contribution is -2.54. The number of hydrogen-bond donors (Lipinski definition) is 0. The molecule has 2 atom stereocenters. The van der Waals surface area contributed by atoms with Crippen molar-refractivity contribution in [3.05, 3.63) is 35.9 Å². The number of benzene rings is 1. The van der Waals surface area contributed by atoms with Gasteiger partial charge in [0.2, 0.25) is 0 Å². The van der Waals surface area contributed by atoms with E-state index in [1.54, 1.807) is 0 Å². The molecule has 1 aromatic rings. The quantitative estimate of drug-likeness (QED) is 0.749. The number of nitriles is 1. The molecule has 2 heteroatoms. The van der Waals surface area contributed by atoms with E-state index >= 15 is 0 Å². The van der Waals surface area contributed by atoms with Gasteiger partial charge >= 0.3 is 0 Å². The van der Waals surface area contributed by atoms with Gasteiger partial charge in [-0.05, 0) is 12.0 Å². The van der Waals surface area contributed by atoms with Gasteiger partial charge < -0.3 is 0 Å². The average molecular weight is 200 g/mol. The Balaban J connectivity index is 1.95. The molecule has 1 saturated heterocycles. The second-order valence-electron chi connectivity index (χ2n) is 4.16. The van der Waals surface area contributed by atoms with Crippen LogP contribution < -0.4 is 0 Å². The maximum atomic E-state index is 9.04. The van der Waals surface area contributed by atoms with E-state index in [1.165, 1.54) is 5.56 Å². The normalized spacial score (nSPS) is 25.6. The Morgan fingerprint density at radius 1 is 1.40 bits per heavy atom. The molecule has 0 radical (unpaired) electrons. The highest BCUT2D eigenvalue weighted by molar-refractivity contribution is 5.16. The summed E-state index contributed by atoms with van der Waals surface area (Å²) in [6, 6.07) is 12.9. The third-order valence-corrected chi connectivity index (χ3v) is 3.19. The summed E-state index contributed by atoms with van der Waals surface area (Å²) >= 11 is 0. The van der Waals surface area contributed by atoms with Crippen molar-refractivity contribution in [3.63, 3.8) is 0 Å². The molecule has 1 aromatic carbocycles. The van der Waals surface area contributed by atoms with Gasteiger partial charge in [0.1, 0.15) is 6.04 Å². The maximum Gasteiger partial charge on any atom is 0.102 e. The van der Waals surface area contributed by atoms with Gasteiger partial charge in [-0.2, -0.15) is 5.26 Å². The number of hydrogen-bond acceptors (Lipinski definition) is 2. The van der Waals surface area contributed by atoms with Gasteiger partial charge in [0.05, 0.1) is 6.07 Å². The molecule has 1 aliphatic rings. The topological polar surface area (TPSA) is 27.0 Å². The van der Waals surface area contributed by atoms with Gasteiger partial charge in [0, 0.05) is 19.0 Å². The summed E-state index contributed by atoms with van der Waals surface area (Å²) in [5.74, 6) is 0.582. The summed E-state index contributed by atoms with van der Waals surface area (Å²) in [5, 5.41) is 9.04. The van der Waals surface area contributed by atoms with Crippen LogP contribution >= 0.6 is 0 Å². The maximum absolute atomic E-state index is 9.04. The summed E-state index contributed by atoms with van der Waals surface area (Å²) < 4.78 is 0. The van der Waals surface area contributed by atoms with E-state index in [9.17, 15) is 0 Å². The van der Waals surface area contributed by atoms with E-state index in [2.05, 4.69) is 30.0 Å². The first-order valence-corrected chi connectivity index (χ1v) is 5.52. The van der Waals surface area contributed by atoms with E-state index in [0.29, 0.717) is 5.92 Å². The number of rotatable bonds is 3. The molecular weight excluding hydrogens is 184 g/mol. The molecular formula is C13H16N2. The van der Waals surface area contributed by atoms with Crippen molar-refractivity contribution < 1.29 is 0 Å². The Hall–Kier alpha value is -1.33. The van der Waals surface area contributed by atoms with Gasteiger partial charge in [-0.1, -0.05) is 37.3 Å². The standard InChI is InChI=1S/C13H16N2/c1-2-12-10-15(13(12)8-14)9-11-6-4-3-5-7-11/h3-7,12-13H,2,9-10H2,1H3/t12-,13?/m0/s1. The van der Waals surface area contributed by atoms with Crippen molar-refractivity contribution >= 4 is 0 Å². The average Bonchev–Trinajstić information content (AvgIpc) is 2.25. The summed E-state index contributed by atoms with van der Waals surface area (Å²) in [6.45, 7) is 4.15. The van der Waals surface area contributed by atoms with Crippen molar-refractivity contribution in [2.75, 3.05) is 6.54 Å². The fourth-order valence-corrected chi connectivity index (χ4v) is 2.20. The minimum atomic E-state index is 0.134. The first-order valence-electron chi connectivity index (χ1n) is 5.52. The molecule has 15 heavy (non-hydrogen) atoms. The molecule has 1 heterocycles. The molecule has 2 rings (SSSR count).